The summed E-state index contributed by atoms with van der Waals surface area (Å²) >= 11 is 0. The molecule has 1 aromatic carbocycles. The molecule has 0 aromatic heterocycles. The Labute approximate surface area is 114 Å². The number of aliphatic hydroxyl groups is 5. The fraction of sp³-hybridized carbons (Fsp3) is 0.385. The number of rotatable bonds is 7. The second-order valence-corrected chi connectivity index (χ2v) is 4.22. The van der Waals surface area contributed by atoms with Crippen molar-refractivity contribution in [3.8, 4) is 0 Å². The van der Waals surface area contributed by atoms with E-state index >= 15 is 0 Å². The Bertz CT molecular complexity index is 459. The van der Waals surface area contributed by atoms with Crippen LogP contribution in [0.3, 0.4) is 0 Å². The molecule has 1 unspecified atom stereocenters. The second kappa shape index (κ2) is 7.22. The Morgan fingerprint density at radius 3 is 2.05 bits per heavy atom. The molecule has 7 heteroatoms. The van der Waals surface area contributed by atoms with Gasteiger partial charge in [0, 0.05) is 5.56 Å². The first kappa shape index (κ1) is 16.4. The lowest BCUT2D eigenvalue weighted by atomic mass is 9.96. The van der Waals surface area contributed by atoms with Crippen molar-refractivity contribution in [2.24, 2.45) is 0 Å². The first-order valence-electron chi connectivity index (χ1n) is 5.86. The molecule has 0 aliphatic rings. The average molecular weight is 284 g/mol. The van der Waals surface area contributed by atoms with Crippen LogP contribution in [0.15, 0.2) is 30.3 Å². The number of hydrogen-bond acceptors (Lipinski definition) is 7. The summed E-state index contributed by atoms with van der Waals surface area (Å²) in [4.78, 5) is 23.4. The molecule has 0 saturated heterocycles. The van der Waals surface area contributed by atoms with E-state index in [2.05, 4.69) is 0 Å². The molecule has 5 N–H and O–H groups in total. The third-order valence-corrected chi connectivity index (χ3v) is 2.77. The number of carbonyl (C=O) groups excluding carboxylic acids is 2. The molecule has 0 heterocycles. The van der Waals surface area contributed by atoms with Crippen LogP contribution in [0.5, 0.6) is 0 Å². The van der Waals surface area contributed by atoms with Crippen molar-refractivity contribution in [3.05, 3.63) is 35.9 Å². The van der Waals surface area contributed by atoms with Crippen LogP contribution in [0.2, 0.25) is 0 Å². The van der Waals surface area contributed by atoms with Crippen LogP contribution in [0.25, 0.3) is 0 Å². The summed E-state index contributed by atoms with van der Waals surface area (Å²) < 4.78 is 0. The van der Waals surface area contributed by atoms with Gasteiger partial charge in [-0.3, -0.25) is 9.59 Å². The third kappa shape index (κ3) is 3.69. The van der Waals surface area contributed by atoms with Crippen LogP contribution in [0.1, 0.15) is 10.4 Å². The molecule has 0 aliphatic heterocycles. The SMILES string of the molecule is O=C(c1ccccc1)C(O)C(=O)[C@@H](O)[C@H](O)[C@H](O)CO. The summed E-state index contributed by atoms with van der Waals surface area (Å²) in [6, 6.07) is 7.46. The molecule has 20 heavy (non-hydrogen) atoms. The Balaban J connectivity index is 2.79. The lowest BCUT2D eigenvalue weighted by Gasteiger charge is -2.22. The van der Waals surface area contributed by atoms with Gasteiger partial charge in [-0.15, -0.1) is 0 Å². The van der Waals surface area contributed by atoms with E-state index < -0.39 is 42.6 Å². The van der Waals surface area contributed by atoms with Crippen molar-refractivity contribution < 1.29 is 35.1 Å². The zero-order chi connectivity index (χ0) is 15.3. The zero-order valence-electron chi connectivity index (χ0n) is 10.5. The van der Waals surface area contributed by atoms with Crippen LogP contribution >= 0.6 is 0 Å². The Hall–Kier alpha value is -1.64. The van der Waals surface area contributed by atoms with Gasteiger partial charge >= 0.3 is 0 Å². The number of benzene rings is 1. The fourth-order valence-corrected chi connectivity index (χ4v) is 1.54. The van der Waals surface area contributed by atoms with Gasteiger partial charge in [-0.05, 0) is 0 Å². The third-order valence-electron chi connectivity index (χ3n) is 2.77. The minimum atomic E-state index is -2.18. The maximum absolute atomic E-state index is 11.8. The molecule has 0 amide bonds. The predicted molar refractivity (Wildman–Crippen MR) is 66.9 cm³/mol. The van der Waals surface area contributed by atoms with E-state index in [-0.39, 0.29) is 5.56 Å². The van der Waals surface area contributed by atoms with Crippen molar-refractivity contribution >= 4 is 11.6 Å². The number of carbonyl (C=O) groups is 2. The fourth-order valence-electron chi connectivity index (χ4n) is 1.54. The van der Waals surface area contributed by atoms with E-state index in [0.29, 0.717) is 0 Å². The van der Waals surface area contributed by atoms with Gasteiger partial charge in [-0.2, -0.15) is 0 Å². The number of ketones is 2. The first-order chi connectivity index (χ1) is 9.40. The van der Waals surface area contributed by atoms with E-state index in [1.165, 1.54) is 24.3 Å². The highest BCUT2D eigenvalue weighted by molar-refractivity contribution is 6.14. The topological polar surface area (TPSA) is 135 Å². The van der Waals surface area contributed by atoms with E-state index in [1.807, 2.05) is 0 Å². The van der Waals surface area contributed by atoms with Gasteiger partial charge < -0.3 is 25.5 Å². The molecule has 0 saturated carbocycles. The lowest BCUT2D eigenvalue weighted by molar-refractivity contribution is -0.146. The lowest BCUT2D eigenvalue weighted by Crippen LogP contribution is -2.49. The highest BCUT2D eigenvalue weighted by Gasteiger charge is 2.36. The summed E-state index contributed by atoms with van der Waals surface area (Å²) in [5.74, 6) is -2.28. The molecule has 110 valence electrons. The van der Waals surface area contributed by atoms with Gasteiger partial charge in [0.15, 0.2) is 17.7 Å². The molecule has 0 spiro atoms. The summed E-state index contributed by atoms with van der Waals surface area (Å²) in [6.45, 7) is -0.881. The van der Waals surface area contributed by atoms with Crippen molar-refractivity contribution in [1.29, 1.82) is 0 Å². The minimum Gasteiger partial charge on any atom is -0.394 e. The normalized spacial score (nSPS) is 17.1. The average Bonchev–Trinajstić information content (AvgIpc) is 2.51. The number of hydrogen-bond donors (Lipinski definition) is 5. The summed E-state index contributed by atoms with van der Waals surface area (Å²) in [6.07, 6.45) is -8.09. The monoisotopic (exact) mass is 284 g/mol. The van der Waals surface area contributed by atoms with E-state index in [1.54, 1.807) is 6.07 Å². The summed E-state index contributed by atoms with van der Waals surface area (Å²) in [7, 11) is 0. The Kier molecular flexibility index (Phi) is 5.93. The minimum absolute atomic E-state index is 0.0674. The van der Waals surface area contributed by atoms with Crippen LogP contribution in [-0.4, -0.2) is 68.1 Å². The standard InChI is InChI=1S/C13H16O7/c14-6-8(15)10(17)12(19)13(20)11(18)9(16)7-4-2-1-3-5-7/h1-5,8,10-12,14-15,17-19H,6H2/t8-,10-,11?,12+/m1/s1. The van der Waals surface area contributed by atoms with E-state index in [9.17, 15) is 24.9 Å². The van der Waals surface area contributed by atoms with Gasteiger partial charge in [0.1, 0.15) is 18.3 Å². The smallest absolute Gasteiger partial charge is 0.200 e. The molecule has 0 aliphatic carbocycles. The summed E-state index contributed by atoms with van der Waals surface area (Å²) in [5.41, 5.74) is 0.0674. The van der Waals surface area contributed by atoms with Crippen LogP contribution < -0.4 is 0 Å². The molecule has 0 fully saturated rings. The molecule has 0 bridgehead atoms. The van der Waals surface area contributed by atoms with E-state index in [4.69, 9.17) is 10.2 Å². The molecule has 4 atom stereocenters. The van der Waals surface area contributed by atoms with Gasteiger partial charge in [-0.1, -0.05) is 30.3 Å². The van der Waals surface area contributed by atoms with Crippen molar-refractivity contribution in [2.45, 2.75) is 24.4 Å². The molecule has 1 rings (SSSR count). The highest BCUT2D eigenvalue weighted by atomic mass is 16.4. The second-order valence-electron chi connectivity index (χ2n) is 4.22. The molecular formula is C13H16O7. The van der Waals surface area contributed by atoms with Gasteiger partial charge in [-0.25, -0.2) is 0 Å². The quantitative estimate of drug-likeness (QED) is 0.285. The number of aliphatic hydroxyl groups excluding tert-OH is 5. The molecule has 7 nitrogen and oxygen atoms in total. The van der Waals surface area contributed by atoms with Gasteiger partial charge in [0.25, 0.3) is 0 Å². The van der Waals surface area contributed by atoms with Crippen LogP contribution in [-0.2, 0) is 4.79 Å². The summed E-state index contributed by atoms with van der Waals surface area (Å²) in [5, 5.41) is 46.1. The largest absolute Gasteiger partial charge is 0.394 e. The first-order valence-corrected chi connectivity index (χ1v) is 5.86. The maximum Gasteiger partial charge on any atom is 0.200 e. The van der Waals surface area contributed by atoms with E-state index in [0.717, 1.165) is 0 Å². The molecular weight excluding hydrogens is 268 g/mol. The predicted octanol–water partition coefficient (Wildman–Crippen LogP) is -2.13. The molecule has 0 radical (unpaired) electrons. The highest BCUT2D eigenvalue weighted by Crippen LogP contribution is 2.09. The van der Waals surface area contributed by atoms with Crippen molar-refractivity contribution in [1.82, 2.24) is 0 Å². The van der Waals surface area contributed by atoms with Crippen molar-refractivity contribution in [3.63, 3.8) is 0 Å². The molecule has 1 aromatic rings. The van der Waals surface area contributed by atoms with Gasteiger partial charge in [0.2, 0.25) is 0 Å². The van der Waals surface area contributed by atoms with Gasteiger partial charge in [0.05, 0.1) is 6.61 Å². The van der Waals surface area contributed by atoms with Crippen LogP contribution in [0.4, 0.5) is 0 Å². The van der Waals surface area contributed by atoms with Crippen LogP contribution in [0, 0.1) is 0 Å². The Morgan fingerprint density at radius 1 is 1.00 bits per heavy atom. The van der Waals surface area contributed by atoms with Crippen molar-refractivity contribution in [2.75, 3.05) is 6.61 Å². The Morgan fingerprint density at radius 2 is 1.55 bits per heavy atom. The number of Topliss-reactive ketones (excluding diaryl/α,β-unsaturated/α-hetero) is 2. The zero-order valence-corrected chi connectivity index (χ0v) is 10.5. The maximum atomic E-state index is 11.8.